The Labute approximate surface area is 165 Å². The Kier molecular flexibility index (Phi) is 10.1. The number of allylic oxidation sites excluding steroid dienone is 5. The van der Waals surface area contributed by atoms with Crippen molar-refractivity contribution in [3.8, 4) is 0 Å². The van der Waals surface area contributed by atoms with Crippen molar-refractivity contribution in [1.29, 1.82) is 0 Å². The molecule has 1 heterocycles. The SMILES string of the molecule is C=C[C@H]1CC([Si](C)(C)N2C[N-]C[N-]C2)C2C=CC=CC21.[CH3-].[Cl][Ti+4][Cl]. The van der Waals surface area contributed by atoms with Crippen molar-refractivity contribution in [3.05, 3.63) is 55.0 Å². The zero-order chi connectivity index (χ0) is 16.9. The summed E-state index contributed by atoms with van der Waals surface area (Å²) < 4.78 is 2.57. The van der Waals surface area contributed by atoms with E-state index in [1.807, 2.05) is 0 Å². The molecule has 3 rings (SSSR count). The van der Waals surface area contributed by atoms with Crippen molar-refractivity contribution in [2.75, 3.05) is 20.0 Å². The molecule has 3 nitrogen and oxygen atoms in total. The van der Waals surface area contributed by atoms with Crippen molar-refractivity contribution in [2.24, 2.45) is 17.8 Å². The van der Waals surface area contributed by atoms with Gasteiger partial charge in [0, 0.05) is 0 Å². The molecule has 0 spiro atoms. The molecule has 1 aliphatic heterocycles. The standard InChI is InChI=1S/C16H25N3Si.CH3.2ClH.Ti/c1-4-13-9-16(15-8-6-5-7-14(13)15)20(2,3)19-11-17-10-18-12-19;;;;/h4-8,13-16H,1,9-12H2,2-3H3;1H3;2*1H;/q-2;-1;;;+6/p-2/t13-,14?,15?,16?;;;;/m0..../s1. The van der Waals surface area contributed by atoms with Crippen LogP contribution in [0.15, 0.2) is 37.0 Å². The maximum absolute atomic E-state index is 4.89. The molecule has 0 aromatic rings. The summed E-state index contributed by atoms with van der Waals surface area (Å²) in [6.07, 6.45) is 12.7. The van der Waals surface area contributed by atoms with Gasteiger partial charge >= 0.3 is 35.6 Å². The molecule has 2 fully saturated rings. The summed E-state index contributed by atoms with van der Waals surface area (Å²) in [4.78, 5) is 0. The molecule has 132 valence electrons. The molecular formula is C17H28Cl2N3SiTi+. The molecule has 3 unspecified atom stereocenters. The van der Waals surface area contributed by atoms with E-state index in [0.717, 1.165) is 18.9 Å². The van der Waals surface area contributed by atoms with Gasteiger partial charge in [-0.05, 0) is 29.7 Å². The molecule has 24 heavy (non-hydrogen) atoms. The van der Waals surface area contributed by atoms with Gasteiger partial charge in [0.25, 0.3) is 0 Å². The number of rotatable bonds is 3. The zero-order valence-corrected chi connectivity index (χ0v) is 18.9. The van der Waals surface area contributed by atoms with E-state index in [2.05, 4.69) is 65.3 Å². The van der Waals surface area contributed by atoms with Crippen molar-refractivity contribution in [1.82, 2.24) is 4.57 Å². The third-order valence-corrected chi connectivity index (χ3v) is 9.82. The normalized spacial score (nSPS) is 32.5. The Morgan fingerprint density at radius 1 is 1.17 bits per heavy atom. The average Bonchev–Trinajstić information content (AvgIpc) is 2.96. The fraction of sp³-hybridized carbons (Fsp3) is 0.588. The van der Waals surface area contributed by atoms with E-state index in [1.165, 1.54) is 6.42 Å². The minimum absolute atomic E-state index is 0. The summed E-state index contributed by atoms with van der Waals surface area (Å²) in [6.45, 7) is 11.5. The van der Waals surface area contributed by atoms with E-state index in [9.17, 15) is 0 Å². The van der Waals surface area contributed by atoms with Gasteiger partial charge in [0.2, 0.25) is 0 Å². The number of nitrogens with zero attached hydrogens (tertiary/aromatic N) is 3. The Morgan fingerprint density at radius 2 is 1.71 bits per heavy atom. The van der Waals surface area contributed by atoms with E-state index in [1.54, 1.807) is 0 Å². The van der Waals surface area contributed by atoms with Gasteiger partial charge in [-0.1, -0.05) is 43.5 Å². The van der Waals surface area contributed by atoms with Crippen LogP contribution in [0.3, 0.4) is 0 Å². The summed E-state index contributed by atoms with van der Waals surface area (Å²) in [5.41, 5.74) is 0.778. The van der Waals surface area contributed by atoms with Crippen LogP contribution in [0, 0.1) is 25.2 Å². The monoisotopic (exact) mass is 420 g/mol. The molecule has 3 aliphatic rings. The number of hydrogen-bond acceptors (Lipinski definition) is 1. The Bertz CT molecular complexity index is 453. The first-order valence-corrected chi connectivity index (χ1v) is 15.3. The second kappa shape index (κ2) is 10.7. The first kappa shape index (κ1) is 22.7. The van der Waals surface area contributed by atoms with E-state index in [4.69, 9.17) is 18.6 Å². The summed E-state index contributed by atoms with van der Waals surface area (Å²) in [5.74, 6) is 1.98. The average molecular weight is 421 g/mol. The Hall–Kier alpha value is 0.611. The van der Waals surface area contributed by atoms with Crippen LogP contribution >= 0.6 is 18.6 Å². The van der Waals surface area contributed by atoms with Crippen LogP contribution in [0.4, 0.5) is 0 Å². The topological polar surface area (TPSA) is 31.4 Å². The molecule has 7 heteroatoms. The molecule has 0 aromatic heterocycles. The van der Waals surface area contributed by atoms with Crippen molar-refractivity contribution in [2.45, 2.75) is 25.1 Å². The van der Waals surface area contributed by atoms with E-state index in [-0.39, 0.29) is 7.43 Å². The van der Waals surface area contributed by atoms with Crippen LogP contribution in [0.2, 0.25) is 18.6 Å². The number of hydrogen-bond donors (Lipinski definition) is 0. The summed E-state index contributed by atoms with van der Waals surface area (Å²) in [7, 11) is 8.25. The fourth-order valence-corrected chi connectivity index (χ4v) is 7.66. The molecule has 0 N–H and O–H groups in total. The third-order valence-electron chi connectivity index (χ3n) is 5.47. The Morgan fingerprint density at radius 3 is 2.25 bits per heavy atom. The second-order valence-corrected chi connectivity index (χ2v) is 14.1. The van der Waals surface area contributed by atoms with Crippen LogP contribution in [-0.2, 0) is 17.0 Å². The molecule has 4 atom stereocenters. The summed E-state index contributed by atoms with van der Waals surface area (Å²) in [6, 6.07) is 0. The molecule has 1 saturated carbocycles. The molecular weight excluding hydrogens is 393 g/mol. The van der Waals surface area contributed by atoms with Gasteiger partial charge in [-0.15, -0.1) is 19.9 Å². The maximum atomic E-state index is 4.89. The molecule has 0 radical (unpaired) electrons. The van der Waals surface area contributed by atoms with E-state index >= 15 is 0 Å². The Balaban J connectivity index is 0.000000671. The predicted molar refractivity (Wildman–Crippen MR) is 106 cm³/mol. The molecule has 1 saturated heterocycles. The van der Waals surface area contributed by atoms with Gasteiger partial charge in [0.1, 0.15) is 8.24 Å². The molecule has 0 amide bonds. The third kappa shape index (κ3) is 5.08. The zero-order valence-electron chi connectivity index (χ0n) is 14.8. The van der Waals surface area contributed by atoms with Gasteiger partial charge in [0.05, 0.1) is 0 Å². The van der Waals surface area contributed by atoms with Crippen LogP contribution < -0.4 is 0 Å². The van der Waals surface area contributed by atoms with Gasteiger partial charge in [-0.3, -0.25) is 6.67 Å². The quantitative estimate of drug-likeness (QED) is 0.318. The van der Waals surface area contributed by atoms with E-state index in [0.29, 0.717) is 24.4 Å². The van der Waals surface area contributed by atoms with Crippen LogP contribution in [-0.4, -0.2) is 32.8 Å². The van der Waals surface area contributed by atoms with Gasteiger partial charge in [-0.2, -0.15) is 0 Å². The number of fused-ring (bicyclic) bond motifs is 1. The molecule has 2 aliphatic carbocycles. The summed E-state index contributed by atoms with van der Waals surface area (Å²) in [5, 5.41) is 8.96. The first-order chi connectivity index (χ1) is 11.1. The van der Waals surface area contributed by atoms with E-state index < -0.39 is 25.3 Å². The molecule has 0 bridgehead atoms. The predicted octanol–water partition coefficient (Wildman–Crippen LogP) is 5.89. The minimum atomic E-state index is -1.52. The van der Waals surface area contributed by atoms with Crippen molar-refractivity contribution in [3.63, 3.8) is 0 Å². The molecule has 0 aromatic carbocycles. The van der Waals surface area contributed by atoms with Gasteiger partial charge in [-0.25, -0.2) is 0 Å². The van der Waals surface area contributed by atoms with Gasteiger partial charge < -0.3 is 22.6 Å². The fourth-order valence-electron chi connectivity index (χ4n) is 4.14. The van der Waals surface area contributed by atoms with Crippen LogP contribution in [0.5, 0.6) is 0 Å². The van der Waals surface area contributed by atoms with Gasteiger partial charge in [0.15, 0.2) is 0 Å². The number of halogens is 2. The van der Waals surface area contributed by atoms with Crippen LogP contribution in [0.25, 0.3) is 10.6 Å². The van der Waals surface area contributed by atoms with Crippen molar-refractivity contribution >= 4 is 26.8 Å². The summed E-state index contributed by atoms with van der Waals surface area (Å²) >= 11 is -0.556. The van der Waals surface area contributed by atoms with Crippen LogP contribution in [0.1, 0.15) is 6.42 Å². The first-order valence-electron chi connectivity index (χ1n) is 8.01. The van der Waals surface area contributed by atoms with Crippen molar-refractivity contribution < 1.29 is 17.0 Å². The second-order valence-electron chi connectivity index (χ2n) is 6.80.